The molecule has 0 saturated heterocycles. The number of hydrogen-bond acceptors (Lipinski definition) is 4. The van der Waals surface area contributed by atoms with E-state index in [9.17, 15) is 10.0 Å². The minimum Gasteiger partial charge on any atom is -0.758 e. The first-order valence-corrected chi connectivity index (χ1v) is 4.15. The normalized spacial score (nSPS) is 16.4. The summed E-state index contributed by atoms with van der Waals surface area (Å²) < 4.78 is 4.79. The van der Waals surface area contributed by atoms with E-state index in [1.54, 1.807) is 19.9 Å². The summed E-state index contributed by atoms with van der Waals surface area (Å²) in [5.41, 5.74) is 1.15. The Morgan fingerprint density at radius 3 is 3.08 bits per heavy atom. The summed E-state index contributed by atoms with van der Waals surface area (Å²) in [6.45, 7) is 4.14. The second-order valence-corrected chi connectivity index (χ2v) is 2.75. The van der Waals surface area contributed by atoms with Gasteiger partial charge in [-0.05, 0) is 19.4 Å². The molecule has 0 amide bonds. The zero-order valence-electron chi connectivity index (χ0n) is 7.74. The first-order chi connectivity index (χ1) is 6.15. The molecule has 0 atom stereocenters. The number of carbonyl (C=O) groups is 1. The van der Waals surface area contributed by atoms with Gasteiger partial charge in [-0.15, -0.1) is 0 Å². The summed E-state index contributed by atoms with van der Waals surface area (Å²) in [7, 11) is 0. The van der Waals surface area contributed by atoms with Crippen LogP contribution in [0.5, 0.6) is 0 Å². The number of hydroxylamine groups is 2. The third-order valence-electron chi connectivity index (χ3n) is 1.77. The van der Waals surface area contributed by atoms with Crippen LogP contribution < -0.4 is 0 Å². The van der Waals surface area contributed by atoms with Crippen molar-refractivity contribution in [3.8, 4) is 0 Å². The highest BCUT2D eigenvalue weighted by atomic mass is 16.5. The van der Waals surface area contributed by atoms with Gasteiger partial charge in [0.1, 0.15) is 0 Å². The van der Waals surface area contributed by atoms with Crippen LogP contribution in [0.3, 0.4) is 0 Å². The number of esters is 1. The van der Waals surface area contributed by atoms with E-state index in [-0.39, 0.29) is 0 Å². The first kappa shape index (κ1) is 9.80. The maximum Gasteiger partial charge on any atom is 0.339 e. The minimum atomic E-state index is -0.434. The lowest BCUT2D eigenvalue weighted by Crippen LogP contribution is -2.19. The van der Waals surface area contributed by atoms with E-state index in [1.807, 2.05) is 0 Å². The average Bonchev–Trinajstić information content (AvgIpc) is 2.09. The molecule has 13 heavy (non-hydrogen) atoms. The first-order valence-electron chi connectivity index (χ1n) is 4.15. The number of ether oxygens (including phenoxy) is 1. The molecule has 4 heteroatoms. The predicted molar refractivity (Wildman–Crippen MR) is 48.5 cm³/mol. The molecule has 0 aliphatic carbocycles. The topological polar surface area (TPSA) is 52.6 Å². The van der Waals surface area contributed by atoms with Gasteiger partial charge in [-0.2, -0.15) is 0 Å². The Balaban J connectivity index is 2.76. The van der Waals surface area contributed by atoms with Crippen molar-refractivity contribution < 1.29 is 9.53 Å². The van der Waals surface area contributed by atoms with Crippen molar-refractivity contribution in [1.82, 2.24) is 5.06 Å². The Bertz CT molecular complexity index is 268. The van der Waals surface area contributed by atoms with E-state index in [1.165, 1.54) is 6.20 Å². The molecule has 4 nitrogen and oxygen atoms in total. The van der Waals surface area contributed by atoms with Crippen molar-refractivity contribution in [2.45, 2.75) is 13.8 Å². The lowest BCUT2D eigenvalue weighted by Gasteiger charge is -2.29. The quantitative estimate of drug-likeness (QED) is 0.602. The summed E-state index contributed by atoms with van der Waals surface area (Å²) in [6.07, 6.45) is 2.98. The lowest BCUT2D eigenvalue weighted by molar-refractivity contribution is -0.138. The van der Waals surface area contributed by atoms with Crippen LogP contribution in [0.15, 0.2) is 23.4 Å². The molecule has 1 heterocycles. The molecule has 0 radical (unpaired) electrons. The largest absolute Gasteiger partial charge is 0.758 e. The minimum absolute atomic E-state index is 0.300. The fourth-order valence-corrected chi connectivity index (χ4v) is 1.06. The molecule has 0 fully saturated rings. The van der Waals surface area contributed by atoms with Crippen LogP contribution >= 0.6 is 0 Å². The Morgan fingerprint density at radius 1 is 1.77 bits per heavy atom. The van der Waals surface area contributed by atoms with Crippen molar-refractivity contribution in [3.05, 3.63) is 28.6 Å². The van der Waals surface area contributed by atoms with Crippen molar-refractivity contribution in [1.29, 1.82) is 0 Å². The number of rotatable bonds is 2. The fourth-order valence-electron chi connectivity index (χ4n) is 1.06. The third kappa shape index (κ3) is 2.32. The van der Waals surface area contributed by atoms with Gasteiger partial charge in [-0.3, -0.25) is 0 Å². The van der Waals surface area contributed by atoms with E-state index < -0.39 is 5.97 Å². The summed E-state index contributed by atoms with van der Waals surface area (Å²) in [5.74, 6) is -0.434. The molecule has 72 valence electrons. The molecule has 0 aromatic carbocycles. The van der Waals surface area contributed by atoms with Gasteiger partial charge in [0, 0.05) is 12.7 Å². The zero-order chi connectivity index (χ0) is 9.84. The SMILES string of the molecule is CCOC(=O)C1=CN([O-])CC=C1C. The van der Waals surface area contributed by atoms with Crippen LogP contribution in [0.2, 0.25) is 0 Å². The van der Waals surface area contributed by atoms with Crippen LogP contribution in [0.25, 0.3) is 0 Å². The third-order valence-corrected chi connectivity index (χ3v) is 1.77. The van der Waals surface area contributed by atoms with E-state index in [4.69, 9.17) is 4.74 Å². The molecular formula is C9H12NO3-. The molecule has 1 aliphatic rings. The predicted octanol–water partition coefficient (Wildman–Crippen LogP) is 1.19. The number of hydrogen-bond donors (Lipinski definition) is 0. The molecular weight excluding hydrogens is 170 g/mol. The Hall–Kier alpha value is -1.29. The van der Waals surface area contributed by atoms with Crippen molar-refractivity contribution >= 4 is 5.97 Å². The van der Waals surface area contributed by atoms with E-state index in [0.717, 1.165) is 5.57 Å². The Labute approximate surface area is 77.1 Å². The van der Waals surface area contributed by atoms with Gasteiger partial charge in [0.25, 0.3) is 0 Å². The zero-order valence-corrected chi connectivity index (χ0v) is 7.74. The average molecular weight is 182 g/mol. The van der Waals surface area contributed by atoms with Gasteiger partial charge >= 0.3 is 5.97 Å². The van der Waals surface area contributed by atoms with Crippen LogP contribution in [-0.4, -0.2) is 24.2 Å². The standard InChI is InChI=1S/C9H12NO3/c1-3-13-9(11)8-6-10(12)5-4-7(8)2/h4,6H,3,5H2,1-2H3/q-1. The van der Waals surface area contributed by atoms with Crippen LogP contribution in [0.1, 0.15) is 13.8 Å². The van der Waals surface area contributed by atoms with Gasteiger partial charge in [0.15, 0.2) is 0 Å². The lowest BCUT2D eigenvalue weighted by atomic mass is 10.1. The van der Waals surface area contributed by atoms with Gasteiger partial charge in [0.05, 0.1) is 12.2 Å². The highest BCUT2D eigenvalue weighted by Gasteiger charge is 2.14. The van der Waals surface area contributed by atoms with E-state index in [2.05, 4.69) is 0 Å². The maximum atomic E-state index is 11.3. The summed E-state index contributed by atoms with van der Waals surface area (Å²) >= 11 is 0. The molecule has 0 aromatic rings. The molecule has 1 rings (SSSR count). The molecule has 0 unspecified atom stereocenters. The molecule has 1 aliphatic heterocycles. The maximum absolute atomic E-state index is 11.3. The van der Waals surface area contributed by atoms with Gasteiger partial charge in [-0.1, -0.05) is 6.08 Å². The van der Waals surface area contributed by atoms with Crippen LogP contribution in [-0.2, 0) is 9.53 Å². The summed E-state index contributed by atoms with van der Waals surface area (Å²) in [5, 5.41) is 11.6. The Kier molecular flexibility index (Phi) is 3.08. The highest BCUT2D eigenvalue weighted by molar-refractivity contribution is 5.93. The second kappa shape index (κ2) is 4.09. The number of carbonyl (C=O) groups excluding carboxylic acids is 1. The summed E-state index contributed by atoms with van der Waals surface area (Å²) in [6, 6.07) is 0. The summed E-state index contributed by atoms with van der Waals surface area (Å²) in [4.78, 5) is 11.3. The van der Waals surface area contributed by atoms with Crippen molar-refractivity contribution in [2.24, 2.45) is 0 Å². The van der Waals surface area contributed by atoms with Crippen molar-refractivity contribution in [2.75, 3.05) is 13.2 Å². The molecule has 0 spiro atoms. The molecule has 0 aromatic heterocycles. The van der Waals surface area contributed by atoms with Gasteiger partial charge in [-0.25, -0.2) is 4.79 Å². The van der Waals surface area contributed by atoms with E-state index in [0.29, 0.717) is 23.8 Å². The highest BCUT2D eigenvalue weighted by Crippen LogP contribution is 2.16. The fraction of sp³-hybridized carbons (Fsp3) is 0.444. The van der Waals surface area contributed by atoms with Crippen molar-refractivity contribution in [3.63, 3.8) is 0 Å². The molecule has 0 saturated carbocycles. The number of nitrogens with zero attached hydrogens (tertiary/aromatic N) is 1. The van der Waals surface area contributed by atoms with E-state index >= 15 is 0 Å². The molecule has 0 bridgehead atoms. The van der Waals surface area contributed by atoms with Crippen LogP contribution in [0.4, 0.5) is 0 Å². The van der Waals surface area contributed by atoms with Gasteiger partial charge in [0.2, 0.25) is 0 Å². The monoisotopic (exact) mass is 182 g/mol. The van der Waals surface area contributed by atoms with Gasteiger partial charge < -0.3 is 15.0 Å². The van der Waals surface area contributed by atoms with Crippen LogP contribution in [0, 0.1) is 5.21 Å². The Morgan fingerprint density at radius 2 is 2.46 bits per heavy atom. The smallest absolute Gasteiger partial charge is 0.339 e. The molecule has 0 N–H and O–H groups in total. The second-order valence-electron chi connectivity index (χ2n) is 2.75.